The van der Waals surface area contributed by atoms with E-state index in [1.54, 1.807) is 0 Å². The second kappa shape index (κ2) is 11.9. The molecule has 0 atom stereocenters. The van der Waals surface area contributed by atoms with Crippen LogP contribution in [0.1, 0.15) is 52.4 Å². The molecule has 0 heterocycles. The van der Waals surface area contributed by atoms with E-state index in [0.29, 0.717) is 46.3 Å². The molecule has 6 nitrogen and oxygen atoms in total. The van der Waals surface area contributed by atoms with Gasteiger partial charge in [0.1, 0.15) is 11.5 Å². The zero-order valence-electron chi connectivity index (χ0n) is 18.7. The van der Waals surface area contributed by atoms with E-state index in [2.05, 4.69) is 13.8 Å². The number of carbonyl (C=O) groups excluding carboxylic acids is 2. The van der Waals surface area contributed by atoms with Crippen molar-refractivity contribution >= 4 is 33.9 Å². The Bertz CT molecular complexity index is 918. The number of hydrogen-bond acceptors (Lipinski definition) is 6. The number of benzene rings is 3. The van der Waals surface area contributed by atoms with Crippen molar-refractivity contribution in [2.24, 2.45) is 0 Å². The number of fused-ring (bicyclic) bond motifs is 2. The van der Waals surface area contributed by atoms with Crippen LogP contribution in [0.3, 0.4) is 0 Å². The van der Waals surface area contributed by atoms with Crippen LogP contribution in [0.5, 0.6) is 11.5 Å². The Morgan fingerprint density at radius 3 is 1.25 bits per heavy atom. The normalized spacial score (nSPS) is 10.8. The average molecular weight is 439 g/mol. The van der Waals surface area contributed by atoms with Crippen molar-refractivity contribution in [2.45, 2.75) is 52.4 Å². The highest BCUT2D eigenvalue weighted by molar-refractivity contribution is 6.12. The zero-order valence-corrected chi connectivity index (χ0v) is 18.7. The lowest BCUT2D eigenvalue weighted by Gasteiger charge is -2.16. The maximum atomic E-state index is 12.3. The summed E-state index contributed by atoms with van der Waals surface area (Å²) in [6.45, 7) is 4.80. The van der Waals surface area contributed by atoms with Gasteiger partial charge in [0.05, 0.1) is 13.2 Å². The largest absolute Gasteiger partial charge is 0.513 e. The fourth-order valence-corrected chi connectivity index (χ4v) is 3.51. The topological polar surface area (TPSA) is 71.1 Å². The van der Waals surface area contributed by atoms with Gasteiger partial charge in [-0.3, -0.25) is 0 Å². The zero-order chi connectivity index (χ0) is 22.8. The highest BCUT2D eigenvalue weighted by Gasteiger charge is 2.20. The summed E-state index contributed by atoms with van der Waals surface area (Å²) >= 11 is 0. The molecule has 0 unspecified atom stereocenters. The molecule has 3 aromatic rings. The van der Waals surface area contributed by atoms with Crippen molar-refractivity contribution in [3.05, 3.63) is 48.5 Å². The molecular formula is C26H30O6. The molecule has 0 saturated heterocycles. The van der Waals surface area contributed by atoms with E-state index in [9.17, 15) is 9.59 Å². The Kier molecular flexibility index (Phi) is 8.72. The van der Waals surface area contributed by atoms with E-state index >= 15 is 0 Å². The Balaban J connectivity index is 1.92. The van der Waals surface area contributed by atoms with E-state index in [-0.39, 0.29) is 0 Å². The third kappa shape index (κ3) is 5.90. The lowest BCUT2D eigenvalue weighted by molar-refractivity contribution is 0.0966. The number of ether oxygens (including phenoxy) is 4. The van der Waals surface area contributed by atoms with Crippen LogP contribution in [0.15, 0.2) is 48.5 Å². The van der Waals surface area contributed by atoms with E-state index in [1.165, 1.54) is 0 Å². The maximum Gasteiger partial charge on any atom is 0.513 e. The smallest absolute Gasteiger partial charge is 0.434 e. The summed E-state index contributed by atoms with van der Waals surface area (Å²) in [5.74, 6) is 0.751. The van der Waals surface area contributed by atoms with E-state index in [4.69, 9.17) is 18.9 Å². The molecule has 0 aliphatic carbocycles. The van der Waals surface area contributed by atoms with E-state index in [0.717, 1.165) is 38.5 Å². The minimum atomic E-state index is -0.750. The van der Waals surface area contributed by atoms with Gasteiger partial charge in [0.25, 0.3) is 0 Å². The quantitative estimate of drug-likeness (QED) is 0.142. The first-order valence-corrected chi connectivity index (χ1v) is 11.3. The van der Waals surface area contributed by atoms with Crippen LogP contribution in [0.2, 0.25) is 0 Å². The summed E-state index contributed by atoms with van der Waals surface area (Å²) in [4.78, 5) is 24.7. The standard InChI is InChI=1S/C26H30O6/c1-3-5-11-17-29-25(27)31-23-19-13-7-9-15-21(19)24(22-16-10-8-14-20(22)23)32-26(28)30-18-12-6-4-2/h7-10,13-16H,3-6,11-12,17-18H2,1-2H3. The molecule has 0 aromatic heterocycles. The van der Waals surface area contributed by atoms with Gasteiger partial charge in [-0.25, -0.2) is 9.59 Å². The fraction of sp³-hybridized carbons (Fsp3) is 0.385. The van der Waals surface area contributed by atoms with Crippen molar-refractivity contribution in [1.29, 1.82) is 0 Å². The summed E-state index contributed by atoms with van der Waals surface area (Å²) in [5.41, 5.74) is 0. The predicted octanol–water partition coefficient (Wildman–Crippen LogP) is 7.40. The average Bonchev–Trinajstić information content (AvgIpc) is 2.81. The van der Waals surface area contributed by atoms with Gasteiger partial charge in [-0.1, -0.05) is 88.1 Å². The summed E-state index contributed by atoms with van der Waals surface area (Å²) in [7, 11) is 0. The van der Waals surface area contributed by atoms with Gasteiger partial charge in [0.15, 0.2) is 0 Å². The van der Waals surface area contributed by atoms with Crippen molar-refractivity contribution in [1.82, 2.24) is 0 Å². The van der Waals surface area contributed by atoms with Gasteiger partial charge < -0.3 is 18.9 Å². The molecule has 0 fully saturated rings. The van der Waals surface area contributed by atoms with Crippen LogP contribution in [-0.4, -0.2) is 25.5 Å². The highest BCUT2D eigenvalue weighted by atomic mass is 16.7. The Morgan fingerprint density at radius 1 is 0.594 bits per heavy atom. The van der Waals surface area contributed by atoms with Crippen molar-refractivity contribution in [3.63, 3.8) is 0 Å². The maximum absolute atomic E-state index is 12.3. The minimum absolute atomic E-state index is 0.313. The van der Waals surface area contributed by atoms with Gasteiger partial charge in [-0.05, 0) is 12.8 Å². The first-order chi connectivity index (χ1) is 15.7. The SMILES string of the molecule is CCCCCOC(=O)Oc1c2ccccc2c(OC(=O)OCCCCC)c2ccccc12. The summed E-state index contributed by atoms with van der Waals surface area (Å²) < 4.78 is 21.8. The molecule has 0 spiro atoms. The molecule has 0 radical (unpaired) electrons. The Hall–Kier alpha value is -3.28. The molecule has 0 amide bonds. The molecule has 0 saturated carbocycles. The van der Waals surface area contributed by atoms with Gasteiger partial charge in [-0.2, -0.15) is 0 Å². The third-order valence-corrected chi connectivity index (χ3v) is 5.14. The molecule has 3 aromatic carbocycles. The number of carbonyl (C=O) groups is 2. The predicted molar refractivity (Wildman–Crippen MR) is 124 cm³/mol. The van der Waals surface area contributed by atoms with Crippen molar-refractivity contribution in [2.75, 3.05) is 13.2 Å². The molecule has 0 N–H and O–H groups in total. The van der Waals surface area contributed by atoms with Crippen LogP contribution in [0.4, 0.5) is 9.59 Å². The first-order valence-electron chi connectivity index (χ1n) is 11.3. The van der Waals surface area contributed by atoms with Crippen LogP contribution in [0.25, 0.3) is 21.5 Å². The Morgan fingerprint density at radius 2 is 0.938 bits per heavy atom. The van der Waals surface area contributed by atoms with Gasteiger partial charge >= 0.3 is 12.3 Å². The first kappa shape index (κ1) is 23.4. The van der Waals surface area contributed by atoms with Crippen molar-refractivity contribution < 1.29 is 28.5 Å². The molecule has 6 heteroatoms. The molecule has 32 heavy (non-hydrogen) atoms. The van der Waals surface area contributed by atoms with Crippen LogP contribution < -0.4 is 9.47 Å². The highest BCUT2D eigenvalue weighted by Crippen LogP contribution is 2.42. The Labute approximate surface area is 188 Å². The van der Waals surface area contributed by atoms with Gasteiger partial charge in [-0.15, -0.1) is 0 Å². The van der Waals surface area contributed by atoms with E-state index < -0.39 is 12.3 Å². The second-order valence-electron chi connectivity index (χ2n) is 7.56. The van der Waals surface area contributed by atoms with Crippen LogP contribution in [-0.2, 0) is 9.47 Å². The van der Waals surface area contributed by atoms with Crippen LogP contribution in [0, 0.1) is 0 Å². The number of rotatable bonds is 10. The van der Waals surface area contributed by atoms with Gasteiger partial charge in [0, 0.05) is 21.5 Å². The van der Waals surface area contributed by atoms with Crippen LogP contribution >= 0.6 is 0 Å². The monoisotopic (exact) mass is 438 g/mol. The van der Waals surface area contributed by atoms with Gasteiger partial charge in [0.2, 0.25) is 0 Å². The molecular weight excluding hydrogens is 408 g/mol. The fourth-order valence-electron chi connectivity index (χ4n) is 3.51. The summed E-state index contributed by atoms with van der Waals surface area (Å²) in [6, 6.07) is 14.6. The number of hydrogen-bond donors (Lipinski definition) is 0. The minimum Gasteiger partial charge on any atom is -0.434 e. The van der Waals surface area contributed by atoms with E-state index in [1.807, 2.05) is 48.5 Å². The molecule has 170 valence electrons. The lowest BCUT2D eigenvalue weighted by atomic mass is 10.0. The third-order valence-electron chi connectivity index (χ3n) is 5.14. The summed E-state index contributed by atoms with van der Waals surface area (Å²) in [5, 5.41) is 2.58. The molecule has 0 aliphatic rings. The molecule has 0 bridgehead atoms. The van der Waals surface area contributed by atoms with Crippen molar-refractivity contribution in [3.8, 4) is 11.5 Å². The summed E-state index contributed by atoms with van der Waals surface area (Å²) in [6.07, 6.45) is 4.13. The lowest BCUT2D eigenvalue weighted by Crippen LogP contribution is -2.13. The second-order valence-corrected chi connectivity index (χ2v) is 7.56. The molecule has 0 aliphatic heterocycles. The molecule has 3 rings (SSSR count). The number of unbranched alkanes of at least 4 members (excludes halogenated alkanes) is 4.